The van der Waals surface area contributed by atoms with Crippen molar-refractivity contribution >= 4 is 18.3 Å². The summed E-state index contributed by atoms with van der Waals surface area (Å²) in [6, 6.07) is 4.24. The Morgan fingerprint density at radius 1 is 1.48 bits per heavy atom. The van der Waals surface area contributed by atoms with E-state index >= 15 is 0 Å². The number of nitrogens with one attached hydrogen (secondary N) is 1. The number of benzene rings is 1. The standard InChI is InChI=1S/C14H22FN3O2.ClH/c1-18(2)8-11-5-4-10(6-12(11)15)7-17-14(19)13(16)9-20-3;/h4-6,13H,7-9,16H2,1-3H3,(H,17,19);1H. The van der Waals surface area contributed by atoms with Crippen LogP contribution in [0.25, 0.3) is 0 Å². The molecule has 0 aliphatic carbocycles. The van der Waals surface area contributed by atoms with Crippen LogP contribution in [0.1, 0.15) is 11.1 Å². The minimum Gasteiger partial charge on any atom is -0.383 e. The van der Waals surface area contributed by atoms with Crippen LogP contribution in [0.4, 0.5) is 4.39 Å². The largest absolute Gasteiger partial charge is 0.383 e. The van der Waals surface area contributed by atoms with Gasteiger partial charge in [0, 0.05) is 25.8 Å². The van der Waals surface area contributed by atoms with Gasteiger partial charge in [0.1, 0.15) is 11.9 Å². The summed E-state index contributed by atoms with van der Waals surface area (Å²) < 4.78 is 18.6. The Labute approximate surface area is 131 Å². The Morgan fingerprint density at radius 3 is 2.67 bits per heavy atom. The molecule has 0 saturated carbocycles. The Hall–Kier alpha value is -1.21. The molecule has 1 unspecified atom stereocenters. The third-order valence-electron chi connectivity index (χ3n) is 2.75. The molecular formula is C14H23ClFN3O2. The molecule has 0 saturated heterocycles. The van der Waals surface area contributed by atoms with Crippen LogP contribution >= 0.6 is 12.4 Å². The lowest BCUT2D eigenvalue weighted by atomic mass is 10.1. The second-order valence-corrected chi connectivity index (χ2v) is 4.94. The van der Waals surface area contributed by atoms with Gasteiger partial charge in [-0.15, -0.1) is 12.4 Å². The molecule has 0 bridgehead atoms. The fourth-order valence-electron chi connectivity index (χ4n) is 1.75. The van der Waals surface area contributed by atoms with E-state index < -0.39 is 6.04 Å². The van der Waals surface area contributed by atoms with E-state index in [1.165, 1.54) is 13.2 Å². The van der Waals surface area contributed by atoms with E-state index in [4.69, 9.17) is 10.5 Å². The maximum atomic E-state index is 13.8. The monoisotopic (exact) mass is 319 g/mol. The molecule has 7 heteroatoms. The van der Waals surface area contributed by atoms with Gasteiger partial charge in [-0.05, 0) is 25.7 Å². The molecular weight excluding hydrogens is 297 g/mol. The van der Waals surface area contributed by atoms with Crippen molar-refractivity contribution in [3.63, 3.8) is 0 Å². The second-order valence-electron chi connectivity index (χ2n) is 4.94. The SMILES string of the molecule is COCC(N)C(=O)NCc1ccc(CN(C)C)c(F)c1.Cl. The molecule has 0 heterocycles. The highest BCUT2D eigenvalue weighted by Crippen LogP contribution is 2.12. The summed E-state index contributed by atoms with van der Waals surface area (Å²) >= 11 is 0. The van der Waals surface area contributed by atoms with Crippen LogP contribution < -0.4 is 11.1 Å². The molecule has 1 aromatic carbocycles. The first-order valence-electron chi connectivity index (χ1n) is 6.38. The van der Waals surface area contributed by atoms with Crippen molar-refractivity contribution in [3.05, 3.63) is 35.1 Å². The van der Waals surface area contributed by atoms with E-state index in [1.54, 1.807) is 12.1 Å². The molecule has 0 aromatic heterocycles. The van der Waals surface area contributed by atoms with Crippen LogP contribution in [0.15, 0.2) is 18.2 Å². The van der Waals surface area contributed by atoms with Gasteiger partial charge in [0.05, 0.1) is 6.61 Å². The fraction of sp³-hybridized carbons (Fsp3) is 0.500. The molecule has 0 aliphatic rings. The number of carbonyl (C=O) groups is 1. The summed E-state index contributed by atoms with van der Waals surface area (Å²) in [5, 5.41) is 2.65. The predicted molar refractivity (Wildman–Crippen MR) is 82.7 cm³/mol. The molecule has 1 amide bonds. The number of methoxy groups -OCH3 is 1. The molecule has 21 heavy (non-hydrogen) atoms. The van der Waals surface area contributed by atoms with E-state index in [0.717, 1.165) is 0 Å². The molecule has 120 valence electrons. The van der Waals surface area contributed by atoms with E-state index in [9.17, 15) is 9.18 Å². The molecule has 5 nitrogen and oxygen atoms in total. The number of carbonyl (C=O) groups excluding carboxylic acids is 1. The van der Waals surface area contributed by atoms with Crippen molar-refractivity contribution < 1.29 is 13.9 Å². The van der Waals surface area contributed by atoms with Crippen molar-refractivity contribution in [3.8, 4) is 0 Å². The number of hydrogen-bond acceptors (Lipinski definition) is 4. The van der Waals surface area contributed by atoms with Gasteiger partial charge in [-0.3, -0.25) is 4.79 Å². The fourth-order valence-corrected chi connectivity index (χ4v) is 1.75. The van der Waals surface area contributed by atoms with E-state index in [0.29, 0.717) is 17.7 Å². The number of nitrogens with two attached hydrogens (primary N) is 1. The zero-order chi connectivity index (χ0) is 15.1. The molecule has 0 fully saturated rings. The van der Waals surface area contributed by atoms with Crippen LogP contribution in [0, 0.1) is 5.82 Å². The van der Waals surface area contributed by atoms with Crippen molar-refractivity contribution in [1.29, 1.82) is 0 Å². The summed E-state index contributed by atoms with van der Waals surface area (Å²) in [4.78, 5) is 13.5. The number of nitrogens with zero attached hydrogens (tertiary/aromatic N) is 1. The lowest BCUT2D eigenvalue weighted by Gasteiger charge is -2.13. The molecule has 1 rings (SSSR count). The topological polar surface area (TPSA) is 67.6 Å². The quantitative estimate of drug-likeness (QED) is 0.783. The summed E-state index contributed by atoms with van der Waals surface area (Å²) in [6.45, 7) is 0.939. The van der Waals surface area contributed by atoms with Gasteiger partial charge in [0.2, 0.25) is 5.91 Å². The van der Waals surface area contributed by atoms with Crippen LogP contribution in [-0.2, 0) is 22.6 Å². The highest BCUT2D eigenvalue weighted by Gasteiger charge is 2.12. The lowest BCUT2D eigenvalue weighted by molar-refractivity contribution is -0.123. The molecule has 3 N–H and O–H groups in total. The summed E-state index contributed by atoms with van der Waals surface area (Å²) in [6.07, 6.45) is 0. The Balaban J connectivity index is 0.00000400. The van der Waals surface area contributed by atoms with E-state index in [-0.39, 0.29) is 37.3 Å². The van der Waals surface area contributed by atoms with Crippen molar-refractivity contribution in [2.24, 2.45) is 5.73 Å². The number of rotatable bonds is 7. The minimum absolute atomic E-state index is 0. The van der Waals surface area contributed by atoms with E-state index in [1.807, 2.05) is 19.0 Å². The number of ether oxygens (including phenoxy) is 1. The van der Waals surface area contributed by atoms with Gasteiger partial charge >= 0.3 is 0 Å². The van der Waals surface area contributed by atoms with Crippen molar-refractivity contribution in [2.45, 2.75) is 19.1 Å². The van der Waals surface area contributed by atoms with Crippen LogP contribution in [0.5, 0.6) is 0 Å². The smallest absolute Gasteiger partial charge is 0.239 e. The molecule has 1 atom stereocenters. The van der Waals surface area contributed by atoms with Crippen molar-refractivity contribution in [1.82, 2.24) is 10.2 Å². The van der Waals surface area contributed by atoms with Gasteiger partial charge in [-0.1, -0.05) is 12.1 Å². The summed E-state index contributed by atoms with van der Waals surface area (Å²) in [5.41, 5.74) is 6.91. The Bertz CT molecular complexity index is 458. The third-order valence-corrected chi connectivity index (χ3v) is 2.75. The zero-order valence-electron chi connectivity index (χ0n) is 12.6. The number of halogens is 2. The average molecular weight is 320 g/mol. The van der Waals surface area contributed by atoms with Crippen LogP contribution in [0.2, 0.25) is 0 Å². The highest BCUT2D eigenvalue weighted by atomic mass is 35.5. The summed E-state index contributed by atoms with van der Waals surface area (Å²) in [5.74, 6) is -0.587. The number of hydrogen-bond donors (Lipinski definition) is 2. The maximum Gasteiger partial charge on any atom is 0.239 e. The van der Waals surface area contributed by atoms with Gasteiger partial charge < -0.3 is 20.7 Å². The predicted octanol–water partition coefficient (Wildman–Crippen LogP) is 0.899. The highest BCUT2D eigenvalue weighted by molar-refractivity contribution is 5.85. The zero-order valence-corrected chi connectivity index (χ0v) is 13.4. The van der Waals surface area contributed by atoms with Crippen LogP contribution in [-0.4, -0.2) is 44.7 Å². The number of amides is 1. The van der Waals surface area contributed by atoms with E-state index in [2.05, 4.69) is 5.32 Å². The third kappa shape index (κ3) is 6.86. The van der Waals surface area contributed by atoms with Gasteiger partial charge in [-0.2, -0.15) is 0 Å². The van der Waals surface area contributed by atoms with Crippen LogP contribution in [0.3, 0.4) is 0 Å². The van der Waals surface area contributed by atoms with Gasteiger partial charge in [-0.25, -0.2) is 4.39 Å². The molecule has 0 aliphatic heterocycles. The average Bonchev–Trinajstić information content (AvgIpc) is 2.38. The summed E-state index contributed by atoms with van der Waals surface area (Å²) in [7, 11) is 5.24. The lowest BCUT2D eigenvalue weighted by Crippen LogP contribution is -2.43. The first-order valence-corrected chi connectivity index (χ1v) is 6.38. The minimum atomic E-state index is -0.710. The Kier molecular flexibility index (Phi) is 9.12. The first kappa shape index (κ1) is 19.8. The molecule has 0 spiro atoms. The normalized spacial score (nSPS) is 11.9. The molecule has 1 aromatic rings. The van der Waals surface area contributed by atoms with Gasteiger partial charge in [0.15, 0.2) is 0 Å². The first-order chi connectivity index (χ1) is 9.43. The molecule has 0 radical (unpaired) electrons. The second kappa shape index (κ2) is 9.68. The van der Waals surface area contributed by atoms with Gasteiger partial charge in [0.25, 0.3) is 0 Å². The Morgan fingerprint density at radius 2 is 2.14 bits per heavy atom. The van der Waals surface area contributed by atoms with Crippen molar-refractivity contribution in [2.75, 3.05) is 27.8 Å². The maximum absolute atomic E-state index is 13.8.